The van der Waals surface area contributed by atoms with Crippen LogP contribution < -0.4 is 9.80 Å². The topological polar surface area (TPSA) is 70.6 Å². The van der Waals surface area contributed by atoms with Crippen LogP contribution >= 0.6 is 0 Å². The standard InChI is InChI=1S/C21H25N3O3S/c1-2-23(18-10-13-28(26,27)15-18)20-14-17(9-11-22-20)21(25)24-12-5-7-16-6-3-4-8-19(16)24/h3-4,6,8-9,11,14,18H,2,5,7,10,12-13,15H2,1H3. The van der Waals surface area contributed by atoms with E-state index in [9.17, 15) is 13.2 Å². The fourth-order valence-corrected chi connectivity index (χ4v) is 5.97. The molecule has 4 rings (SSSR count). The van der Waals surface area contributed by atoms with Crippen molar-refractivity contribution >= 4 is 27.2 Å². The maximum absolute atomic E-state index is 13.2. The van der Waals surface area contributed by atoms with Crippen LogP contribution in [0.5, 0.6) is 0 Å². The molecule has 3 heterocycles. The van der Waals surface area contributed by atoms with Gasteiger partial charge in [-0.1, -0.05) is 18.2 Å². The van der Waals surface area contributed by atoms with Gasteiger partial charge in [0.05, 0.1) is 11.5 Å². The molecule has 1 fully saturated rings. The lowest BCUT2D eigenvalue weighted by atomic mass is 10.0. The van der Waals surface area contributed by atoms with Crippen molar-refractivity contribution in [2.45, 2.75) is 32.2 Å². The van der Waals surface area contributed by atoms with Crippen molar-refractivity contribution in [1.29, 1.82) is 0 Å². The number of nitrogens with zero attached hydrogens (tertiary/aromatic N) is 3. The first-order valence-corrected chi connectivity index (χ1v) is 11.6. The van der Waals surface area contributed by atoms with Gasteiger partial charge < -0.3 is 9.80 Å². The molecule has 0 radical (unpaired) electrons. The molecule has 28 heavy (non-hydrogen) atoms. The Morgan fingerprint density at radius 1 is 1.29 bits per heavy atom. The van der Waals surface area contributed by atoms with E-state index >= 15 is 0 Å². The molecule has 0 spiro atoms. The number of carbonyl (C=O) groups excluding carboxylic acids is 1. The third kappa shape index (κ3) is 3.63. The average Bonchev–Trinajstić information content (AvgIpc) is 3.07. The van der Waals surface area contributed by atoms with Gasteiger partial charge in [-0.2, -0.15) is 0 Å². The van der Waals surface area contributed by atoms with Crippen LogP contribution in [0.1, 0.15) is 35.7 Å². The SMILES string of the molecule is CCN(c1cc(C(=O)N2CCCc3ccccc32)ccn1)C1CCS(=O)(=O)C1. The number of benzene rings is 1. The van der Waals surface area contributed by atoms with E-state index < -0.39 is 9.84 Å². The Morgan fingerprint density at radius 2 is 2.11 bits per heavy atom. The van der Waals surface area contributed by atoms with E-state index in [-0.39, 0.29) is 23.5 Å². The molecule has 1 amide bonds. The van der Waals surface area contributed by atoms with E-state index in [4.69, 9.17) is 0 Å². The normalized spacial score (nSPS) is 20.6. The van der Waals surface area contributed by atoms with Gasteiger partial charge in [0.25, 0.3) is 5.91 Å². The predicted octanol–water partition coefficient (Wildman–Crippen LogP) is 2.69. The smallest absolute Gasteiger partial charge is 0.258 e. The van der Waals surface area contributed by atoms with Crippen molar-refractivity contribution in [2.75, 3.05) is 34.4 Å². The number of sulfone groups is 1. The molecule has 1 atom stereocenters. The van der Waals surface area contributed by atoms with Gasteiger partial charge in [-0.3, -0.25) is 4.79 Å². The lowest BCUT2D eigenvalue weighted by Crippen LogP contribution is -2.38. The molecular formula is C21H25N3O3S. The number of fused-ring (bicyclic) bond motifs is 1. The molecule has 6 nitrogen and oxygen atoms in total. The number of pyridine rings is 1. The second kappa shape index (κ2) is 7.54. The molecular weight excluding hydrogens is 374 g/mol. The number of hydrogen-bond donors (Lipinski definition) is 0. The summed E-state index contributed by atoms with van der Waals surface area (Å²) < 4.78 is 23.8. The molecule has 2 aliphatic rings. The highest BCUT2D eigenvalue weighted by Crippen LogP contribution is 2.29. The van der Waals surface area contributed by atoms with Crippen LogP contribution in [-0.4, -0.2) is 49.9 Å². The molecule has 1 aromatic carbocycles. The number of carbonyl (C=O) groups is 1. The summed E-state index contributed by atoms with van der Waals surface area (Å²) >= 11 is 0. The van der Waals surface area contributed by atoms with E-state index in [1.165, 1.54) is 5.56 Å². The van der Waals surface area contributed by atoms with E-state index in [1.807, 2.05) is 34.9 Å². The van der Waals surface area contributed by atoms with Crippen LogP contribution in [0.4, 0.5) is 11.5 Å². The van der Waals surface area contributed by atoms with Crippen molar-refractivity contribution < 1.29 is 13.2 Å². The third-order valence-corrected chi connectivity index (χ3v) is 7.38. The van der Waals surface area contributed by atoms with Crippen LogP contribution in [0.2, 0.25) is 0 Å². The van der Waals surface area contributed by atoms with Gasteiger partial charge in [0, 0.05) is 36.6 Å². The van der Waals surface area contributed by atoms with Crippen LogP contribution in [0.3, 0.4) is 0 Å². The first-order valence-electron chi connectivity index (χ1n) is 9.81. The molecule has 0 N–H and O–H groups in total. The predicted molar refractivity (Wildman–Crippen MR) is 111 cm³/mol. The minimum atomic E-state index is -2.98. The Kier molecular flexibility index (Phi) is 5.10. The van der Waals surface area contributed by atoms with Crippen LogP contribution in [0, 0.1) is 0 Å². The highest BCUT2D eigenvalue weighted by Gasteiger charge is 2.32. The third-order valence-electron chi connectivity index (χ3n) is 5.63. The van der Waals surface area contributed by atoms with Crippen LogP contribution in [0.25, 0.3) is 0 Å². The maximum Gasteiger partial charge on any atom is 0.258 e. The fourth-order valence-electron chi connectivity index (χ4n) is 4.24. The van der Waals surface area contributed by atoms with E-state index in [0.29, 0.717) is 30.9 Å². The number of aryl methyl sites for hydroxylation is 1. The number of rotatable bonds is 4. The van der Waals surface area contributed by atoms with Gasteiger partial charge >= 0.3 is 0 Å². The second-order valence-electron chi connectivity index (χ2n) is 7.43. The number of para-hydroxylation sites is 1. The molecule has 1 aromatic heterocycles. The minimum Gasteiger partial charge on any atom is -0.353 e. The van der Waals surface area contributed by atoms with Crippen molar-refractivity contribution in [2.24, 2.45) is 0 Å². The summed E-state index contributed by atoms with van der Waals surface area (Å²) in [7, 11) is -2.98. The molecule has 1 saturated heterocycles. The quantitative estimate of drug-likeness (QED) is 0.791. The molecule has 0 bridgehead atoms. The first kappa shape index (κ1) is 18.9. The van der Waals surface area contributed by atoms with E-state index in [1.54, 1.807) is 18.3 Å². The zero-order chi connectivity index (χ0) is 19.7. The zero-order valence-electron chi connectivity index (χ0n) is 16.0. The Bertz CT molecular complexity index is 990. The summed E-state index contributed by atoms with van der Waals surface area (Å²) in [5.74, 6) is 1.00. The lowest BCUT2D eigenvalue weighted by molar-refractivity contribution is 0.0985. The maximum atomic E-state index is 13.2. The number of anilines is 2. The van der Waals surface area contributed by atoms with Gasteiger partial charge in [-0.15, -0.1) is 0 Å². The first-order chi connectivity index (χ1) is 13.5. The summed E-state index contributed by atoms with van der Waals surface area (Å²) in [5, 5.41) is 0. The zero-order valence-corrected chi connectivity index (χ0v) is 16.9. The van der Waals surface area contributed by atoms with Crippen molar-refractivity contribution in [3.8, 4) is 0 Å². The van der Waals surface area contributed by atoms with Gasteiger partial charge in [0.15, 0.2) is 9.84 Å². The van der Waals surface area contributed by atoms with Crippen molar-refractivity contribution in [1.82, 2.24) is 4.98 Å². The molecule has 7 heteroatoms. The number of aromatic nitrogens is 1. The molecule has 1 unspecified atom stereocenters. The van der Waals surface area contributed by atoms with Gasteiger partial charge in [0.1, 0.15) is 5.82 Å². The summed E-state index contributed by atoms with van der Waals surface area (Å²) in [5.41, 5.74) is 2.76. The van der Waals surface area contributed by atoms with E-state index in [2.05, 4.69) is 11.1 Å². The molecule has 2 aromatic rings. The number of hydrogen-bond acceptors (Lipinski definition) is 5. The summed E-state index contributed by atoms with van der Waals surface area (Å²) in [6.45, 7) is 3.34. The Labute approximate surface area is 166 Å². The molecule has 0 saturated carbocycles. The molecule has 2 aliphatic heterocycles. The summed E-state index contributed by atoms with van der Waals surface area (Å²) in [6, 6.07) is 11.5. The van der Waals surface area contributed by atoms with E-state index in [0.717, 1.165) is 18.5 Å². The van der Waals surface area contributed by atoms with Crippen molar-refractivity contribution in [3.05, 3.63) is 53.7 Å². The Hall–Kier alpha value is -2.41. The van der Waals surface area contributed by atoms with Crippen LogP contribution in [-0.2, 0) is 16.3 Å². The van der Waals surface area contributed by atoms with Crippen molar-refractivity contribution in [3.63, 3.8) is 0 Å². The van der Waals surface area contributed by atoms with Crippen LogP contribution in [0.15, 0.2) is 42.6 Å². The average molecular weight is 400 g/mol. The summed E-state index contributed by atoms with van der Waals surface area (Å²) in [6.07, 6.45) is 4.18. The molecule has 0 aliphatic carbocycles. The lowest BCUT2D eigenvalue weighted by Gasteiger charge is -2.31. The van der Waals surface area contributed by atoms with Gasteiger partial charge in [0.2, 0.25) is 0 Å². The van der Waals surface area contributed by atoms with Gasteiger partial charge in [-0.25, -0.2) is 13.4 Å². The monoisotopic (exact) mass is 399 g/mol. The second-order valence-corrected chi connectivity index (χ2v) is 9.66. The highest BCUT2D eigenvalue weighted by molar-refractivity contribution is 7.91. The highest BCUT2D eigenvalue weighted by atomic mass is 32.2. The Balaban J connectivity index is 1.61. The summed E-state index contributed by atoms with van der Waals surface area (Å²) in [4.78, 5) is 21.5. The fraction of sp³-hybridized carbons (Fsp3) is 0.429. The largest absolute Gasteiger partial charge is 0.353 e. The molecule has 148 valence electrons. The Morgan fingerprint density at radius 3 is 2.86 bits per heavy atom. The minimum absolute atomic E-state index is 0.0362. The van der Waals surface area contributed by atoms with Gasteiger partial charge in [-0.05, 0) is 49.9 Å². The number of amides is 1.